The molecule has 0 N–H and O–H groups in total. The van der Waals surface area contributed by atoms with Gasteiger partial charge in [0.2, 0.25) is 0 Å². The summed E-state index contributed by atoms with van der Waals surface area (Å²) < 4.78 is 2.91. The van der Waals surface area contributed by atoms with Crippen molar-refractivity contribution in [1.29, 1.82) is 0 Å². The minimum atomic E-state index is 0.0218. The Morgan fingerprint density at radius 1 is 1.06 bits per heavy atom. The maximum Gasteiger partial charge on any atom is 0.265 e. The predicted octanol–water partition coefficient (Wildman–Crippen LogP) is 3.83. The number of fused-ring (bicyclic) bond motifs is 3. The molecule has 1 aromatic carbocycles. The molecule has 1 aliphatic heterocycles. The standard InChI is InChI=1S/C22H21ClN6OS/c23-18-15-6-2-4-8-17(15)31-19(18)21(30)28-11-9-27(10-12-28)20-14-5-1-3-7-16(14)26-22-24-13-25-29(20)22/h2,4,6,8,13H,1,3,5,7,9-12H2. The summed E-state index contributed by atoms with van der Waals surface area (Å²) in [6.45, 7) is 2.80. The Labute approximate surface area is 188 Å². The molecule has 158 valence electrons. The summed E-state index contributed by atoms with van der Waals surface area (Å²) in [4.78, 5) is 27.2. The van der Waals surface area contributed by atoms with Crippen molar-refractivity contribution >= 4 is 50.5 Å². The molecule has 0 saturated carbocycles. The first-order chi connectivity index (χ1) is 15.2. The van der Waals surface area contributed by atoms with Crippen LogP contribution in [0.15, 0.2) is 30.6 Å². The van der Waals surface area contributed by atoms with Gasteiger partial charge in [-0.1, -0.05) is 29.8 Å². The maximum absolute atomic E-state index is 13.2. The Balaban J connectivity index is 1.27. The fraction of sp³-hybridized carbons (Fsp3) is 0.364. The number of aryl methyl sites for hydroxylation is 1. The Hall–Kier alpha value is -2.71. The minimum absolute atomic E-state index is 0.0218. The molecule has 0 bridgehead atoms. The van der Waals surface area contributed by atoms with Gasteiger partial charge in [0.1, 0.15) is 17.0 Å². The highest BCUT2D eigenvalue weighted by Gasteiger charge is 2.29. The van der Waals surface area contributed by atoms with Crippen LogP contribution in [0.5, 0.6) is 0 Å². The second-order valence-corrected chi connectivity index (χ2v) is 9.49. The molecule has 3 aromatic heterocycles. The van der Waals surface area contributed by atoms with Crippen LogP contribution in [0.2, 0.25) is 5.02 Å². The summed E-state index contributed by atoms with van der Waals surface area (Å²) in [6.07, 6.45) is 5.92. The quantitative estimate of drug-likeness (QED) is 0.462. The van der Waals surface area contributed by atoms with Gasteiger partial charge in [-0.25, -0.2) is 4.98 Å². The van der Waals surface area contributed by atoms with Gasteiger partial charge >= 0.3 is 0 Å². The van der Waals surface area contributed by atoms with E-state index in [1.165, 1.54) is 29.7 Å². The van der Waals surface area contributed by atoms with E-state index in [1.54, 1.807) is 6.33 Å². The smallest absolute Gasteiger partial charge is 0.265 e. The number of piperazine rings is 1. The molecule has 9 heteroatoms. The average molecular weight is 453 g/mol. The van der Waals surface area contributed by atoms with Crippen LogP contribution >= 0.6 is 22.9 Å². The molecule has 1 fully saturated rings. The van der Waals surface area contributed by atoms with Crippen LogP contribution in [0.3, 0.4) is 0 Å². The Bertz CT molecular complexity index is 1310. The predicted molar refractivity (Wildman–Crippen MR) is 122 cm³/mol. The zero-order chi connectivity index (χ0) is 20.9. The first-order valence-electron chi connectivity index (χ1n) is 10.6. The lowest BCUT2D eigenvalue weighted by Crippen LogP contribution is -2.49. The number of carbonyl (C=O) groups excluding carboxylic acids is 1. The Kier molecular flexibility index (Phi) is 4.57. The van der Waals surface area contributed by atoms with E-state index in [-0.39, 0.29) is 5.91 Å². The van der Waals surface area contributed by atoms with Gasteiger partial charge in [-0.3, -0.25) is 4.79 Å². The van der Waals surface area contributed by atoms with Crippen molar-refractivity contribution in [3.8, 4) is 0 Å². The van der Waals surface area contributed by atoms with Crippen LogP contribution in [0, 0.1) is 0 Å². The van der Waals surface area contributed by atoms with E-state index in [0.29, 0.717) is 28.8 Å². The zero-order valence-corrected chi connectivity index (χ0v) is 18.5. The number of thiophene rings is 1. The molecule has 2 aliphatic rings. The van der Waals surface area contributed by atoms with E-state index in [0.717, 1.165) is 47.5 Å². The molecule has 1 aliphatic carbocycles. The number of hydrogen-bond acceptors (Lipinski definition) is 6. The monoisotopic (exact) mass is 452 g/mol. The van der Waals surface area contributed by atoms with Gasteiger partial charge in [0.05, 0.1) is 10.7 Å². The van der Waals surface area contributed by atoms with Gasteiger partial charge in [-0.15, -0.1) is 11.3 Å². The summed E-state index contributed by atoms with van der Waals surface area (Å²) in [5, 5.41) is 5.97. The molecule has 6 rings (SSSR count). The summed E-state index contributed by atoms with van der Waals surface area (Å²) in [5.41, 5.74) is 2.44. The minimum Gasteiger partial charge on any atom is -0.353 e. The van der Waals surface area contributed by atoms with Crippen LogP contribution in [0.25, 0.3) is 15.9 Å². The number of carbonyl (C=O) groups is 1. The van der Waals surface area contributed by atoms with Crippen molar-refractivity contribution < 1.29 is 4.79 Å². The lowest BCUT2D eigenvalue weighted by Gasteiger charge is -2.37. The van der Waals surface area contributed by atoms with Gasteiger partial charge in [-0.05, 0) is 31.7 Å². The lowest BCUT2D eigenvalue weighted by molar-refractivity contribution is 0.0751. The van der Waals surface area contributed by atoms with Crippen LogP contribution in [-0.4, -0.2) is 56.6 Å². The van der Waals surface area contributed by atoms with Gasteiger partial charge in [0.25, 0.3) is 11.7 Å². The number of hydrogen-bond donors (Lipinski definition) is 0. The largest absolute Gasteiger partial charge is 0.353 e. The molecular weight excluding hydrogens is 432 g/mol. The molecule has 4 heterocycles. The van der Waals surface area contributed by atoms with Gasteiger partial charge in [-0.2, -0.15) is 14.6 Å². The van der Waals surface area contributed by atoms with Crippen molar-refractivity contribution in [3.05, 3.63) is 51.7 Å². The molecule has 0 radical (unpaired) electrons. The lowest BCUT2D eigenvalue weighted by atomic mass is 9.96. The van der Waals surface area contributed by atoms with E-state index in [4.69, 9.17) is 16.6 Å². The molecule has 1 saturated heterocycles. The van der Waals surface area contributed by atoms with E-state index >= 15 is 0 Å². The van der Waals surface area contributed by atoms with Crippen molar-refractivity contribution in [2.24, 2.45) is 0 Å². The zero-order valence-electron chi connectivity index (χ0n) is 16.9. The SMILES string of the molecule is O=C(c1sc2ccccc2c1Cl)N1CCN(c2c3c(nc4ncnn24)CCCC3)CC1. The van der Waals surface area contributed by atoms with Crippen LogP contribution in [-0.2, 0) is 12.8 Å². The normalized spacial score (nSPS) is 16.8. The maximum atomic E-state index is 13.2. The van der Waals surface area contributed by atoms with Crippen LogP contribution in [0.4, 0.5) is 5.82 Å². The van der Waals surface area contributed by atoms with Crippen molar-refractivity contribution in [2.75, 3.05) is 31.1 Å². The number of benzene rings is 1. The molecule has 31 heavy (non-hydrogen) atoms. The van der Waals surface area contributed by atoms with E-state index in [9.17, 15) is 4.79 Å². The topological polar surface area (TPSA) is 66.6 Å². The molecule has 0 unspecified atom stereocenters. The third kappa shape index (κ3) is 3.08. The molecule has 0 spiro atoms. The summed E-state index contributed by atoms with van der Waals surface area (Å²) >= 11 is 8.03. The van der Waals surface area contributed by atoms with E-state index in [2.05, 4.69) is 15.0 Å². The van der Waals surface area contributed by atoms with Crippen molar-refractivity contribution in [3.63, 3.8) is 0 Å². The number of anilines is 1. The third-order valence-corrected chi connectivity index (χ3v) is 7.93. The highest BCUT2D eigenvalue weighted by atomic mass is 35.5. The van der Waals surface area contributed by atoms with Crippen molar-refractivity contribution in [2.45, 2.75) is 25.7 Å². The summed E-state index contributed by atoms with van der Waals surface area (Å²) in [6, 6.07) is 7.91. The fourth-order valence-electron chi connectivity index (χ4n) is 4.70. The first kappa shape index (κ1) is 19.0. The number of nitrogens with zero attached hydrogens (tertiary/aromatic N) is 6. The number of aromatic nitrogens is 4. The second-order valence-electron chi connectivity index (χ2n) is 8.06. The molecule has 1 amide bonds. The molecule has 0 atom stereocenters. The van der Waals surface area contributed by atoms with Gasteiger partial charge in [0, 0.05) is 41.8 Å². The fourth-order valence-corrected chi connectivity index (χ4v) is 6.18. The first-order valence-corrected chi connectivity index (χ1v) is 11.8. The number of amides is 1. The second kappa shape index (κ2) is 7.46. The number of halogens is 1. The molecular formula is C22H21ClN6OS. The highest BCUT2D eigenvalue weighted by molar-refractivity contribution is 7.21. The molecule has 4 aromatic rings. The molecule has 7 nitrogen and oxygen atoms in total. The Morgan fingerprint density at radius 3 is 2.71 bits per heavy atom. The van der Waals surface area contributed by atoms with Crippen LogP contribution < -0.4 is 4.90 Å². The summed E-state index contributed by atoms with van der Waals surface area (Å²) in [5.74, 6) is 1.78. The van der Waals surface area contributed by atoms with Crippen LogP contribution in [0.1, 0.15) is 33.8 Å². The van der Waals surface area contributed by atoms with Gasteiger partial charge in [0.15, 0.2) is 0 Å². The average Bonchev–Trinajstić information content (AvgIpc) is 3.41. The van der Waals surface area contributed by atoms with Gasteiger partial charge < -0.3 is 9.80 Å². The highest BCUT2D eigenvalue weighted by Crippen LogP contribution is 2.36. The van der Waals surface area contributed by atoms with E-state index in [1.807, 2.05) is 33.7 Å². The van der Waals surface area contributed by atoms with E-state index < -0.39 is 0 Å². The third-order valence-electron chi connectivity index (χ3n) is 6.27. The summed E-state index contributed by atoms with van der Waals surface area (Å²) in [7, 11) is 0. The Morgan fingerprint density at radius 2 is 1.87 bits per heavy atom. The number of rotatable bonds is 2. The van der Waals surface area contributed by atoms with Crippen molar-refractivity contribution in [1.82, 2.24) is 24.5 Å².